The average Bonchev–Trinajstić information content (AvgIpc) is 2.36. The quantitative estimate of drug-likeness (QED) is 0.691. The van der Waals surface area contributed by atoms with Crippen LogP contribution in [-0.2, 0) is 21.3 Å². The van der Waals surface area contributed by atoms with E-state index in [0.717, 1.165) is 5.56 Å². The van der Waals surface area contributed by atoms with Gasteiger partial charge in [0.25, 0.3) is 0 Å². The Balaban J connectivity index is 2.81. The van der Waals surface area contributed by atoms with E-state index in [1.54, 1.807) is 6.07 Å². The summed E-state index contributed by atoms with van der Waals surface area (Å²) in [4.78, 5) is 0.238. The Morgan fingerprint density at radius 1 is 1.35 bits per heavy atom. The molecule has 0 aliphatic heterocycles. The Labute approximate surface area is 129 Å². The number of hydrogen-bond donors (Lipinski definition) is 2. The molecular weight excluding hydrogens is 344 g/mol. The van der Waals surface area contributed by atoms with Crippen LogP contribution in [0.3, 0.4) is 0 Å². The predicted octanol–water partition coefficient (Wildman–Crippen LogP) is 1.87. The number of sulfonamides is 1. The average molecular weight is 365 g/mol. The van der Waals surface area contributed by atoms with E-state index in [1.165, 1.54) is 7.11 Å². The van der Waals surface area contributed by atoms with Crippen LogP contribution in [0.5, 0.6) is 0 Å². The zero-order chi connectivity index (χ0) is 15.2. The molecule has 1 rings (SSSR count). The minimum Gasteiger partial charge on any atom is -0.383 e. The highest BCUT2D eigenvalue weighted by Crippen LogP contribution is 2.23. The second-order valence-corrected chi connectivity index (χ2v) is 7.28. The Morgan fingerprint density at radius 3 is 2.60 bits per heavy atom. The summed E-state index contributed by atoms with van der Waals surface area (Å²) in [6.07, 6.45) is 0. The SMILES string of the molecule is COCCNS(=O)(=O)c1ccc(CNC(C)C)cc1Br. The van der Waals surface area contributed by atoms with Gasteiger partial charge < -0.3 is 10.1 Å². The first-order chi connectivity index (χ1) is 9.36. The summed E-state index contributed by atoms with van der Waals surface area (Å²) in [5.41, 5.74) is 1.03. The molecule has 0 saturated heterocycles. The number of nitrogens with one attached hydrogen (secondary N) is 2. The molecule has 0 atom stereocenters. The fourth-order valence-electron chi connectivity index (χ4n) is 1.55. The number of benzene rings is 1. The molecule has 1 aromatic rings. The molecule has 0 bridgehead atoms. The summed E-state index contributed by atoms with van der Waals surface area (Å²) in [5.74, 6) is 0. The second kappa shape index (κ2) is 8.09. The van der Waals surface area contributed by atoms with Crippen LogP contribution >= 0.6 is 15.9 Å². The van der Waals surface area contributed by atoms with E-state index in [-0.39, 0.29) is 11.4 Å². The summed E-state index contributed by atoms with van der Waals surface area (Å²) >= 11 is 3.32. The molecule has 20 heavy (non-hydrogen) atoms. The molecule has 0 heterocycles. The molecule has 1 aromatic carbocycles. The maximum atomic E-state index is 12.1. The number of ether oxygens (including phenoxy) is 1. The molecule has 0 spiro atoms. The Hall–Kier alpha value is -0.470. The lowest BCUT2D eigenvalue weighted by atomic mass is 10.2. The summed E-state index contributed by atoms with van der Waals surface area (Å²) in [6.45, 7) is 5.42. The third-order valence-electron chi connectivity index (χ3n) is 2.60. The lowest BCUT2D eigenvalue weighted by molar-refractivity contribution is 0.204. The van der Waals surface area contributed by atoms with Gasteiger partial charge in [0, 0.05) is 30.7 Å². The van der Waals surface area contributed by atoms with Crippen LogP contribution in [0.2, 0.25) is 0 Å². The van der Waals surface area contributed by atoms with E-state index in [0.29, 0.717) is 23.7 Å². The molecule has 0 amide bonds. The van der Waals surface area contributed by atoms with Crippen LogP contribution in [0.4, 0.5) is 0 Å². The van der Waals surface area contributed by atoms with Crippen molar-refractivity contribution >= 4 is 26.0 Å². The number of halogens is 1. The van der Waals surface area contributed by atoms with E-state index < -0.39 is 10.0 Å². The van der Waals surface area contributed by atoms with Gasteiger partial charge in [0.1, 0.15) is 0 Å². The normalized spacial score (nSPS) is 12.1. The summed E-state index contributed by atoms with van der Waals surface area (Å²) in [5, 5.41) is 3.29. The minimum atomic E-state index is -3.51. The van der Waals surface area contributed by atoms with Crippen LogP contribution in [0, 0.1) is 0 Å². The van der Waals surface area contributed by atoms with Gasteiger partial charge in [-0.1, -0.05) is 19.9 Å². The highest BCUT2D eigenvalue weighted by molar-refractivity contribution is 9.10. The molecule has 0 aliphatic carbocycles. The standard InChI is InChI=1S/C13H21BrN2O3S/c1-10(2)15-9-11-4-5-13(12(14)8-11)20(17,18)16-6-7-19-3/h4-5,8,10,15-16H,6-7,9H2,1-3H3. The van der Waals surface area contributed by atoms with E-state index in [1.807, 2.05) is 12.1 Å². The lowest BCUT2D eigenvalue weighted by Gasteiger charge is -2.11. The predicted molar refractivity (Wildman–Crippen MR) is 83.2 cm³/mol. The van der Waals surface area contributed by atoms with Crippen molar-refractivity contribution < 1.29 is 13.2 Å². The van der Waals surface area contributed by atoms with Gasteiger partial charge in [-0.3, -0.25) is 0 Å². The zero-order valence-electron chi connectivity index (χ0n) is 11.9. The van der Waals surface area contributed by atoms with Gasteiger partial charge >= 0.3 is 0 Å². The highest BCUT2D eigenvalue weighted by atomic mass is 79.9. The smallest absolute Gasteiger partial charge is 0.241 e. The molecule has 114 valence electrons. The van der Waals surface area contributed by atoms with Crippen molar-refractivity contribution in [3.05, 3.63) is 28.2 Å². The van der Waals surface area contributed by atoms with Crippen LogP contribution < -0.4 is 10.0 Å². The lowest BCUT2D eigenvalue weighted by Crippen LogP contribution is -2.27. The van der Waals surface area contributed by atoms with E-state index in [2.05, 4.69) is 39.8 Å². The van der Waals surface area contributed by atoms with Gasteiger partial charge in [0.2, 0.25) is 10.0 Å². The van der Waals surface area contributed by atoms with E-state index >= 15 is 0 Å². The summed E-state index contributed by atoms with van der Waals surface area (Å²) < 4.78 is 32.1. The number of rotatable bonds is 8. The van der Waals surface area contributed by atoms with E-state index in [4.69, 9.17) is 4.74 Å². The maximum Gasteiger partial charge on any atom is 0.241 e. The second-order valence-electron chi connectivity index (χ2n) is 4.69. The van der Waals surface area contributed by atoms with Crippen LogP contribution in [0.25, 0.3) is 0 Å². The third kappa shape index (κ3) is 5.49. The Morgan fingerprint density at radius 2 is 2.05 bits per heavy atom. The van der Waals surface area contributed by atoms with Crippen LogP contribution in [-0.4, -0.2) is 34.7 Å². The molecule has 0 aliphatic rings. The van der Waals surface area contributed by atoms with Crippen LogP contribution in [0.1, 0.15) is 19.4 Å². The molecule has 0 radical (unpaired) electrons. The Kier molecular flexibility index (Phi) is 7.11. The molecule has 2 N–H and O–H groups in total. The summed E-state index contributed by atoms with van der Waals surface area (Å²) in [7, 11) is -1.98. The maximum absolute atomic E-state index is 12.1. The first kappa shape index (κ1) is 17.6. The van der Waals surface area contributed by atoms with Gasteiger partial charge in [-0.05, 0) is 33.6 Å². The molecule has 0 aromatic heterocycles. The molecule has 0 fully saturated rings. The molecule has 0 saturated carbocycles. The monoisotopic (exact) mass is 364 g/mol. The zero-order valence-corrected chi connectivity index (χ0v) is 14.3. The number of hydrogen-bond acceptors (Lipinski definition) is 4. The molecule has 7 heteroatoms. The molecule has 5 nitrogen and oxygen atoms in total. The summed E-state index contributed by atoms with van der Waals surface area (Å²) in [6, 6.07) is 5.62. The molecular formula is C13H21BrN2O3S. The minimum absolute atomic E-state index is 0.238. The van der Waals surface area contributed by atoms with Crippen molar-refractivity contribution in [1.29, 1.82) is 0 Å². The van der Waals surface area contributed by atoms with Crippen molar-refractivity contribution in [2.45, 2.75) is 31.3 Å². The topological polar surface area (TPSA) is 67.4 Å². The fourth-order valence-corrected chi connectivity index (χ4v) is 3.69. The van der Waals surface area contributed by atoms with Gasteiger partial charge in [0.15, 0.2) is 0 Å². The van der Waals surface area contributed by atoms with Crippen molar-refractivity contribution in [2.75, 3.05) is 20.3 Å². The van der Waals surface area contributed by atoms with Gasteiger partial charge in [-0.2, -0.15) is 0 Å². The van der Waals surface area contributed by atoms with Crippen LogP contribution in [0.15, 0.2) is 27.6 Å². The third-order valence-corrected chi connectivity index (χ3v) is 5.04. The molecule has 0 unspecified atom stereocenters. The van der Waals surface area contributed by atoms with Gasteiger partial charge in [-0.25, -0.2) is 13.1 Å². The van der Waals surface area contributed by atoms with Crippen molar-refractivity contribution in [3.8, 4) is 0 Å². The van der Waals surface area contributed by atoms with Crippen molar-refractivity contribution in [2.24, 2.45) is 0 Å². The Bertz CT molecular complexity index is 532. The highest BCUT2D eigenvalue weighted by Gasteiger charge is 2.17. The van der Waals surface area contributed by atoms with Gasteiger partial charge in [-0.15, -0.1) is 0 Å². The largest absolute Gasteiger partial charge is 0.383 e. The van der Waals surface area contributed by atoms with Crippen molar-refractivity contribution in [1.82, 2.24) is 10.0 Å². The van der Waals surface area contributed by atoms with E-state index in [9.17, 15) is 8.42 Å². The van der Waals surface area contributed by atoms with Crippen molar-refractivity contribution in [3.63, 3.8) is 0 Å². The number of methoxy groups -OCH3 is 1. The first-order valence-corrected chi connectivity index (χ1v) is 8.65. The van der Waals surface area contributed by atoms with Gasteiger partial charge in [0.05, 0.1) is 11.5 Å². The first-order valence-electron chi connectivity index (χ1n) is 6.37. The fraction of sp³-hybridized carbons (Fsp3) is 0.538.